The summed E-state index contributed by atoms with van der Waals surface area (Å²) in [6, 6.07) is 7.87. The van der Waals surface area contributed by atoms with Crippen LogP contribution in [0.2, 0.25) is 0 Å². The average molecular weight is 382 g/mol. The van der Waals surface area contributed by atoms with Crippen LogP contribution in [-0.4, -0.2) is 43.8 Å². The van der Waals surface area contributed by atoms with Crippen LogP contribution in [-0.2, 0) is 17.9 Å². The van der Waals surface area contributed by atoms with Gasteiger partial charge in [-0.25, -0.2) is 4.98 Å². The molecule has 5 rings (SSSR count). The predicted octanol–water partition coefficient (Wildman–Crippen LogP) is 2.72. The Labute approximate surface area is 161 Å². The molecule has 27 heavy (non-hydrogen) atoms. The molecular weight excluding hydrogens is 360 g/mol. The summed E-state index contributed by atoms with van der Waals surface area (Å²) in [5.74, 6) is 1.64. The SMILES string of the molecule is CC1CCN(C(=O)Cn2c3ccccc3c3nc4n(c(=O)c32)CCS4)CC1. The zero-order valence-corrected chi connectivity index (χ0v) is 16.2. The molecule has 0 unspecified atom stereocenters. The molecule has 0 saturated carbocycles. The first kappa shape index (κ1) is 16.9. The largest absolute Gasteiger partial charge is 0.341 e. The highest BCUT2D eigenvalue weighted by Crippen LogP contribution is 2.30. The number of thioether (sulfide) groups is 1. The van der Waals surface area contributed by atoms with Crippen LogP contribution >= 0.6 is 11.8 Å². The Bertz CT molecular complexity index is 1110. The van der Waals surface area contributed by atoms with Crippen molar-refractivity contribution in [2.24, 2.45) is 5.92 Å². The molecule has 0 N–H and O–H groups in total. The molecule has 0 aliphatic carbocycles. The Morgan fingerprint density at radius 2 is 2.00 bits per heavy atom. The molecule has 7 heteroatoms. The van der Waals surface area contributed by atoms with Crippen LogP contribution in [0.5, 0.6) is 0 Å². The molecule has 2 aromatic heterocycles. The van der Waals surface area contributed by atoms with E-state index in [4.69, 9.17) is 4.98 Å². The highest BCUT2D eigenvalue weighted by molar-refractivity contribution is 7.99. The maximum Gasteiger partial charge on any atom is 0.278 e. The maximum atomic E-state index is 13.2. The maximum absolute atomic E-state index is 13.2. The number of para-hydroxylation sites is 1. The number of hydrogen-bond acceptors (Lipinski definition) is 4. The number of aromatic nitrogens is 3. The van der Waals surface area contributed by atoms with Crippen molar-refractivity contribution >= 4 is 39.6 Å². The molecule has 6 nitrogen and oxygen atoms in total. The van der Waals surface area contributed by atoms with E-state index in [1.807, 2.05) is 33.7 Å². The number of carbonyl (C=O) groups is 1. The summed E-state index contributed by atoms with van der Waals surface area (Å²) in [5, 5.41) is 1.73. The molecule has 3 aromatic rings. The summed E-state index contributed by atoms with van der Waals surface area (Å²) in [7, 11) is 0. The zero-order valence-electron chi connectivity index (χ0n) is 15.4. The first-order valence-corrected chi connectivity index (χ1v) is 10.5. The molecule has 0 radical (unpaired) electrons. The minimum Gasteiger partial charge on any atom is -0.341 e. The van der Waals surface area contributed by atoms with Gasteiger partial charge < -0.3 is 9.47 Å². The quantitative estimate of drug-likeness (QED) is 0.640. The first-order valence-electron chi connectivity index (χ1n) is 9.56. The fraction of sp³-hybridized carbons (Fsp3) is 0.450. The molecular formula is C20H22N4O2S. The fourth-order valence-corrected chi connectivity index (χ4v) is 5.12. The lowest BCUT2D eigenvalue weighted by Gasteiger charge is -2.30. The van der Waals surface area contributed by atoms with Gasteiger partial charge in [-0.3, -0.25) is 14.2 Å². The van der Waals surface area contributed by atoms with Crippen molar-refractivity contribution in [2.45, 2.75) is 38.0 Å². The first-order chi connectivity index (χ1) is 13.1. The van der Waals surface area contributed by atoms with E-state index in [0.717, 1.165) is 53.3 Å². The van der Waals surface area contributed by atoms with E-state index < -0.39 is 0 Å². The Hall–Kier alpha value is -2.28. The molecule has 0 atom stereocenters. The van der Waals surface area contributed by atoms with Crippen molar-refractivity contribution in [1.82, 2.24) is 19.0 Å². The van der Waals surface area contributed by atoms with Gasteiger partial charge in [0.25, 0.3) is 5.56 Å². The molecule has 1 fully saturated rings. The van der Waals surface area contributed by atoms with Crippen molar-refractivity contribution in [1.29, 1.82) is 0 Å². The number of rotatable bonds is 2. The van der Waals surface area contributed by atoms with Crippen LogP contribution in [0, 0.1) is 5.92 Å². The number of piperidine rings is 1. The summed E-state index contributed by atoms with van der Waals surface area (Å²) in [6.45, 7) is 4.73. The van der Waals surface area contributed by atoms with Gasteiger partial charge >= 0.3 is 0 Å². The third-order valence-electron chi connectivity index (χ3n) is 5.81. The number of hydrogen-bond donors (Lipinski definition) is 0. The zero-order chi connectivity index (χ0) is 18.5. The monoisotopic (exact) mass is 382 g/mol. The highest BCUT2D eigenvalue weighted by atomic mass is 32.2. The Balaban J connectivity index is 1.64. The average Bonchev–Trinajstić information content (AvgIpc) is 3.27. The molecule has 0 bridgehead atoms. The summed E-state index contributed by atoms with van der Waals surface area (Å²) in [4.78, 5) is 32.9. The second-order valence-electron chi connectivity index (χ2n) is 7.56. The summed E-state index contributed by atoms with van der Waals surface area (Å²) in [6.07, 6.45) is 2.10. The van der Waals surface area contributed by atoms with E-state index in [1.54, 1.807) is 16.3 Å². The van der Waals surface area contributed by atoms with Crippen molar-refractivity contribution in [2.75, 3.05) is 18.8 Å². The fourth-order valence-electron chi connectivity index (χ4n) is 4.18. The summed E-state index contributed by atoms with van der Waals surface area (Å²) in [5.41, 5.74) is 2.15. The Kier molecular flexibility index (Phi) is 4.00. The van der Waals surface area contributed by atoms with E-state index >= 15 is 0 Å². The van der Waals surface area contributed by atoms with Gasteiger partial charge in [0.05, 0.1) is 5.52 Å². The van der Waals surface area contributed by atoms with Gasteiger partial charge in [-0.2, -0.15) is 0 Å². The second kappa shape index (κ2) is 6.41. The third kappa shape index (κ3) is 2.67. The lowest BCUT2D eigenvalue weighted by atomic mass is 9.99. The summed E-state index contributed by atoms with van der Waals surface area (Å²) >= 11 is 1.62. The molecule has 2 aliphatic heterocycles. The van der Waals surface area contributed by atoms with Gasteiger partial charge in [-0.1, -0.05) is 36.9 Å². The molecule has 1 saturated heterocycles. The molecule has 140 valence electrons. The van der Waals surface area contributed by atoms with Crippen molar-refractivity contribution in [3.8, 4) is 0 Å². The van der Waals surface area contributed by atoms with Crippen molar-refractivity contribution in [3.63, 3.8) is 0 Å². The van der Waals surface area contributed by atoms with E-state index in [2.05, 4.69) is 6.92 Å². The van der Waals surface area contributed by atoms with Gasteiger partial charge in [0.15, 0.2) is 5.16 Å². The molecule has 4 heterocycles. The lowest BCUT2D eigenvalue weighted by molar-refractivity contribution is -0.133. The van der Waals surface area contributed by atoms with Crippen LogP contribution in [0.1, 0.15) is 19.8 Å². The minimum absolute atomic E-state index is 0.0312. The van der Waals surface area contributed by atoms with Crippen molar-refractivity contribution in [3.05, 3.63) is 34.6 Å². The second-order valence-corrected chi connectivity index (χ2v) is 8.63. The van der Waals surface area contributed by atoms with Gasteiger partial charge in [-0.05, 0) is 24.8 Å². The standard InChI is InChI=1S/C20H22N4O2S/c1-13-6-8-22(9-7-13)16(25)12-24-15-5-3-2-4-14(15)17-18(24)19(26)23-10-11-27-20(23)21-17/h2-5,13H,6-12H2,1H3. The molecule has 2 aliphatic rings. The summed E-state index contributed by atoms with van der Waals surface area (Å²) < 4.78 is 3.63. The topological polar surface area (TPSA) is 60.1 Å². The van der Waals surface area contributed by atoms with E-state index in [0.29, 0.717) is 18.0 Å². The lowest BCUT2D eigenvalue weighted by Crippen LogP contribution is -2.40. The predicted molar refractivity (Wildman–Crippen MR) is 107 cm³/mol. The van der Waals surface area contributed by atoms with Gasteiger partial charge in [0.1, 0.15) is 17.6 Å². The number of likely N-dealkylation sites (tertiary alicyclic amines) is 1. The van der Waals surface area contributed by atoms with Crippen LogP contribution < -0.4 is 5.56 Å². The van der Waals surface area contributed by atoms with Crippen molar-refractivity contribution < 1.29 is 4.79 Å². The Morgan fingerprint density at radius 3 is 2.81 bits per heavy atom. The van der Waals surface area contributed by atoms with Crippen LogP contribution in [0.25, 0.3) is 21.9 Å². The number of amides is 1. The number of fused-ring (bicyclic) bond motifs is 4. The third-order valence-corrected chi connectivity index (χ3v) is 6.76. The van der Waals surface area contributed by atoms with Crippen LogP contribution in [0.4, 0.5) is 0 Å². The van der Waals surface area contributed by atoms with E-state index in [9.17, 15) is 9.59 Å². The van der Waals surface area contributed by atoms with Gasteiger partial charge in [-0.15, -0.1) is 0 Å². The number of benzene rings is 1. The van der Waals surface area contributed by atoms with E-state index in [-0.39, 0.29) is 18.0 Å². The minimum atomic E-state index is -0.0312. The van der Waals surface area contributed by atoms with E-state index in [1.165, 1.54) is 0 Å². The number of carbonyl (C=O) groups excluding carboxylic acids is 1. The smallest absolute Gasteiger partial charge is 0.278 e. The van der Waals surface area contributed by atoms with Gasteiger partial charge in [0, 0.05) is 30.8 Å². The molecule has 1 amide bonds. The normalized spacial score (nSPS) is 17.7. The van der Waals surface area contributed by atoms with Crippen LogP contribution in [0.15, 0.2) is 34.2 Å². The van der Waals surface area contributed by atoms with Gasteiger partial charge in [0.2, 0.25) is 5.91 Å². The number of nitrogens with zero attached hydrogens (tertiary/aromatic N) is 4. The molecule has 1 aromatic carbocycles. The van der Waals surface area contributed by atoms with Crippen LogP contribution in [0.3, 0.4) is 0 Å². The molecule has 0 spiro atoms. The highest BCUT2D eigenvalue weighted by Gasteiger charge is 2.25. The Morgan fingerprint density at radius 1 is 1.22 bits per heavy atom.